The van der Waals surface area contributed by atoms with Crippen molar-refractivity contribution in [1.29, 1.82) is 0 Å². The van der Waals surface area contributed by atoms with E-state index in [4.69, 9.17) is 10.8 Å². The summed E-state index contributed by atoms with van der Waals surface area (Å²) in [4.78, 5) is 1.13. The molecule has 0 aliphatic carbocycles. The second-order valence-corrected chi connectivity index (χ2v) is 4.42. The van der Waals surface area contributed by atoms with Gasteiger partial charge in [0.05, 0.1) is 0 Å². The van der Waals surface area contributed by atoms with Crippen LogP contribution in [-0.2, 0) is 0 Å². The highest BCUT2D eigenvalue weighted by Gasteiger charge is 2.12. The predicted molar refractivity (Wildman–Crippen MR) is 55.4 cm³/mol. The Hall–Kier alpha value is 0.100. The summed E-state index contributed by atoms with van der Waals surface area (Å²) in [6.07, 6.45) is 0.624. The molecule has 0 aromatic carbocycles. The van der Waals surface area contributed by atoms with E-state index in [-0.39, 0.29) is 12.6 Å². The molecule has 0 saturated carbocycles. The topological polar surface area (TPSA) is 46.2 Å². The number of rotatable bonds is 3. The molecular weight excluding hydrogens is 238 g/mol. The zero-order valence-electron chi connectivity index (χ0n) is 6.88. The van der Waals surface area contributed by atoms with Crippen LogP contribution in [0.4, 0.5) is 0 Å². The molecule has 0 spiro atoms. The maximum absolute atomic E-state index is 8.71. The average Bonchev–Trinajstić information content (AvgIpc) is 2.34. The van der Waals surface area contributed by atoms with Gasteiger partial charge in [-0.05, 0) is 40.2 Å². The number of nitrogens with two attached hydrogens (primary N) is 1. The van der Waals surface area contributed by atoms with Crippen molar-refractivity contribution in [1.82, 2.24) is 0 Å². The minimum Gasteiger partial charge on any atom is -0.396 e. The minimum atomic E-state index is -0.0388. The average molecular weight is 250 g/mol. The van der Waals surface area contributed by atoms with Crippen LogP contribution >= 0.6 is 27.3 Å². The first-order valence-electron chi connectivity index (χ1n) is 3.76. The van der Waals surface area contributed by atoms with E-state index < -0.39 is 0 Å². The van der Waals surface area contributed by atoms with Crippen molar-refractivity contribution in [3.8, 4) is 0 Å². The first-order valence-corrected chi connectivity index (χ1v) is 5.44. The lowest BCUT2D eigenvalue weighted by Crippen LogP contribution is -2.10. The predicted octanol–water partition coefficient (Wildman–Crippen LogP) is 2.20. The first-order chi connectivity index (χ1) is 5.66. The number of thiophene rings is 1. The summed E-state index contributed by atoms with van der Waals surface area (Å²) in [6.45, 7) is 2.18. The molecule has 2 nitrogen and oxygen atoms in total. The lowest BCUT2D eigenvalue weighted by Gasteiger charge is -2.07. The van der Waals surface area contributed by atoms with Crippen molar-refractivity contribution in [2.24, 2.45) is 5.73 Å². The fourth-order valence-corrected chi connectivity index (χ4v) is 2.79. The summed E-state index contributed by atoms with van der Waals surface area (Å²) in [5, 5.41) is 10.8. The standard InChI is InChI=1S/C8H12BrNOS/c1-5-4-12-8(7(5)9)6(10)2-3-11/h4,6,11H,2-3,10H2,1H3. The maximum atomic E-state index is 8.71. The van der Waals surface area contributed by atoms with Crippen LogP contribution in [0.5, 0.6) is 0 Å². The van der Waals surface area contributed by atoms with Crippen molar-refractivity contribution in [2.45, 2.75) is 19.4 Å². The van der Waals surface area contributed by atoms with Gasteiger partial charge in [-0.1, -0.05) is 0 Å². The van der Waals surface area contributed by atoms with Gasteiger partial charge in [-0.15, -0.1) is 11.3 Å². The molecule has 1 atom stereocenters. The second kappa shape index (κ2) is 4.37. The van der Waals surface area contributed by atoms with E-state index in [0.29, 0.717) is 6.42 Å². The number of halogens is 1. The molecule has 3 N–H and O–H groups in total. The SMILES string of the molecule is Cc1csc(C(N)CCO)c1Br. The number of hydrogen-bond donors (Lipinski definition) is 2. The molecule has 1 aromatic heterocycles. The Balaban J connectivity index is 2.80. The third-order valence-electron chi connectivity index (χ3n) is 1.70. The number of aliphatic hydroxyl groups is 1. The van der Waals surface area contributed by atoms with Crippen LogP contribution in [0, 0.1) is 6.92 Å². The molecule has 0 saturated heterocycles. The van der Waals surface area contributed by atoms with Crippen LogP contribution in [0.25, 0.3) is 0 Å². The van der Waals surface area contributed by atoms with E-state index >= 15 is 0 Å². The van der Waals surface area contributed by atoms with E-state index in [1.165, 1.54) is 5.56 Å². The summed E-state index contributed by atoms with van der Waals surface area (Å²) >= 11 is 5.11. The van der Waals surface area contributed by atoms with Crippen molar-refractivity contribution >= 4 is 27.3 Å². The second-order valence-electron chi connectivity index (χ2n) is 2.72. The third kappa shape index (κ3) is 2.07. The van der Waals surface area contributed by atoms with E-state index in [0.717, 1.165) is 9.35 Å². The Labute approximate surface area is 84.5 Å². The summed E-state index contributed by atoms with van der Waals surface area (Å²) in [6, 6.07) is -0.0388. The molecule has 0 aliphatic heterocycles. The van der Waals surface area contributed by atoms with Gasteiger partial charge in [0.2, 0.25) is 0 Å². The molecule has 0 fully saturated rings. The number of hydrogen-bond acceptors (Lipinski definition) is 3. The van der Waals surface area contributed by atoms with E-state index in [9.17, 15) is 0 Å². The van der Waals surface area contributed by atoms with Crippen LogP contribution in [0.3, 0.4) is 0 Å². The summed E-state index contributed by atoms with van der Waals surface area (Å²) in [7, 11) is 0. The van der Waals surface area contributed by atoms with E-state index in [1.54, 1.807) is 11.3 Å². The van der Waals surface area contributed by atoms with Crippen LogP contribution in [0.2, 0.25) is 0 Å². The van der Waals surface area contributed by atoms with Gasteiger partial charge >= 0.3 is 0 Å². The minimum absolute atomic E-state index is 0.0388. The Morgan fingerprint density at radius 3 is 2.83 bits per heavy atom. The monoisotopic (exact) mass is 249 g/mol. The molecule has 1 aromatic rings. The van der Waals surface area contributed by atoms with Crippen molar-refractivity contribution in [3.05, 3.63) is 20.3 Å². The highest BCUT2D eigenvalue weighted by molar-refractivity contribution is 9.10. The number of aryl methyl sites for hydroxylation is 1. The zero-order chi connectivity index (χ0) is 9.14. The largest absolute Gasteiger partial charge is 0.396 e. The molecule has 0 radical (unpaired) electrons. The smallest absolute Gasteiger partial charge is 0.0449 e. The summed E-state index contributed by atoms with van der Waals surface area (Å²) in [5.41, 5.74) is 7.05. The molecule has 68 valence electrons. The quantitative estimate of drug-likeness (QED) is 0.863. The Morgan fingerprint density at radius 2 is 2.42 bits per heavy atom. The van der Waals surface area contributed by atoms with Gasteiger partial charge in [-0.25, -0.2) is 0 Å². The highest BCUT2D eigenvalue weighted by Crippen LogP contribution is 2.32. The lowest BCUT2D eigenvalue weighted by molar-refractivity contribution is 0.277. The third-order valence-corrected chi connectivity index (χ3v) is 4.25. The summed E-state index contributed by atoms with van der Waals surface area (Å²) < 4.78 is 1.09. The molecule has 0 amide bonds. The zero-order valence-corrected chi connectivity index (χ0v) is 9.28. The lowest BCUT2D eigenvalue weighted by atomic mass is 10.2. The first kappa shape index (κ1) is 10.2. The Kier molecular flexibility index (Phi) is 3.71. The van der Waals surface area contributed by atoms with Crippen molar-refractivity contribution in [3.63, 3.8) is 0 Å². The van der Waals surface area contributed by atoms with Gasteiger partial charge in [0.1, 0.15) is 0 Å². The Morgan fingerprint density at radius 1 is 1.75 bits per heavy atom. The normalized spacial score (nSPS) is 13.3. The molecule has 1 unspecified atom stereocenters. The highest BCUT2D eigenvalue weighted by atomic mass is 79.9. The van der Waals surface area contributed by atoms with Crippen LogP contribution in [-0.4, -0.2) is 11.7 Å². The van der Waals surface area contributed by atoms with Gasteiger partial charge in [-0.2, -0.15) is 0 Å². The molecule has 1 rings (SSSR count). The van der Waals surface area contributed by atoms with Crippen LogP contribution < -0.4 is 5.73 Å². The van der Waals surface area contributed by atoms with Gasteiger partial charge in [0.15, 0.2) is 0 Å². The van der Waals surface area contributed by atoms with E-state index in [2.05, 4.69) is 21.3 Å². The molecule has 4 heteroatoms. The van der Waals surface area contributed by atoms with Gasteiger partial charge in [0.25, 0.3) is 0 Å². The molecule has 12 heavy (non-hydrogen) atoms. The number of aliphatic hydroxyl groups excluding tert-OH is 1. The summed E-state index contributed by atoms with van der Waals surface area (Å²) in [5.74, 6) is 0. The molecule has 1 heterocycles. The van der Waals surface area contributed by atoms with E-state index in [1.807, 2.05) is 6.92 Å². The Bertz CT molecular complexity index is 262. The van der Waals surface area contributed by atoms with Crippen LogP contribution in [0.1, 0.15) is 22.9 Å². The fraction of sp³-hybridized carbons (Fsp3) is 0.500. The molecule has 0 aliphatic rings. The molecular formula is C8H12BrNOS. The maximum Gasteiger partial charge on any atom is 0.0449 e. The fourth-order valence-electron chi connectivity index (χ4n) is 0.970. The van der Waals surface area contributed by atoms with Crippen molar-refractivity contribution in [2.75, 3.05) is 6.61 Å². The van der Waals surface area contributed by atoms with Crippen molar-refractivity contribution < 1.29 is 5.11 Å². The molecule has 0 bridgehead atoms. The van der Waals surface area contributed by atoms with Gasteiger partial charge < -0.3 is 10.8 Å². The van der Waals surface area contributed by atoms with Gasteiger partial charge in [-0.3, -0.25) is 0 Å². The van der Waals surface area contributed by atoms with Gasteiger partial charge in [0, 0.05) is 22.0 Å². The van der Waals surface area contributed by atoms with Crippen LogP contribution in [0.15, 0.2) is 9.85 Å².